The number of carbonyl (C=O) groups is 1. The van der Waals surface area contributed by atoms with Crippen molar-refractivity contribution >= 4 is 11.5 Å². The summed E-state index contributed by atoms with van der Waals surface area (Å²) in [6.07, 6.45) is 4.14. The van der Waals surface area contributed by atoms with Crippen molar-refractivity contribution in [3.8, 4) is 0 Å². The van der Waals surface area contributed by atoms with E-state index in [0.717, 1.165) is 25.2 Å². The van der Waals surface area contributed by atoms with Gasteiger partial charge in [0.25, 0.3) is 0 Å². The van der Waals surface area contributed by atoms with Crippen molar-refractivity contribution in [2.45, 2.75) is 26.3 Å². The fourth-order valence-electron chi connectivity index (χ4n) is 2.12. The van der Waals surface area contributed by atoms with E-state index >= 15 is 0 Å². The molecule has 2 aromatic rings. The van der Waals surface area contributed by atoms with Gasteiger partial charge < -0.3 is 9.51 Å². The van der Waals surface area contributed by atoms with Gasteiger partial charge in [-0.1, -0.05) is 19.4 Å². The van der Waals surface area contributed by atoms with E-state index in [9.17, 15) is 9.90 Å². The van der Waals surface area contributed by atoms with E-state index in [2.05, 4.69) is 16.8 Å². The van der Waals surface area contributed by atoms with Crippen LogP contribution in [-0.2, 0) is 6.54 Å². The normalized spacial score (nSPS) is 11.3. The Hall–Kier alpha value is -1.88. The SMILES string of the molecule is CCCCN(C)Cc1nc(C(=O)O)c2ccccn12. The predicted molar refractivity (Wildman–Crippen MR) is 73.4 cm³/mol. The molecule has 0 aliphatic rings. The molecule has 0 aromatic carbocycles. The van der Waals surface area contributed by atoms with Crippen LogP contribution in [0.1, 0.15) is 36.1 Å². The van der Waals surface area contributed by atoms with E-state index in [0.29, 0.717) is 12.1 Å². The molecule has 2 rings (SSSR count). The van der Waals surface area contributed by atoms with E-state index in [1.807, 2.05) is 29.8 Å². The second-order valence-corrected chi connectivity index (χ2v) is 4.73. The van der Waals surface area contributed by atoms with Gasteiger partial charge in [0.15, 0.2) is 5.69 Å². The molecule has 19 heavy (non-hydrogen) atoms. The molecule has 2 heterocycles. The topological polar surface area (TPSA) is 57.8 Å². The van der Waals surface area contributed by atoms with Crippen LogP contribution >= 0.6 is 0 Å². The molecule has 2 aromatic heterocycles. The van der Waals surface area contributed by atoms with Crippen LogP contribution in [0.25, 0.3) is 5.52 Å². The Morgan fingerprint density at radius 1 is 1.47 bits per heavy atom. The smallest absolute Gasteiger partial charge is 0.356 e. The molecule has 0 unspecified atom stereocenters. The lowest BCUT2D eigenvalue weighted by atomic mass is 10.3. The van der Waals surface area contributed by atoms with Crippen molar-refractivity contribution in [2.75, 3.05) is 13.6 Å². The monoisotopic (exact) mass is 261 g/mol. The molecule has 0 radical (unpaired) electrons. The van der Waals surface area contributed by atoms with E-state index < -0.39 is 5.97 Å². The summed E-state index contributed by atoms with van der Waals surface area (Å²) in [4.78, 5) is 17.6. The quantitative estimate of drug-likeness (QED) is 0.866. The number of unbranched alkanes of at least 4 members (excludes halogenated alkanes) is 1. The van der Waals surface area contributed by atoms with Gasteiger partial charge in [0.1, 0.15) is 5.82 Å². The average molecular weight is 261 g/mol. The van der Waals surface area contributed by atoms with Gasteiger partial charge in [-0.15, -0.1) is 0 Å². The number of fused-ring (bicyclic) bond motifs is 1. The zero-order valence-corrected chi connectivity index (χ0v) is 11.3. The first kappa shape index (κ1) is 13.5. The van der Waals surface area contributed by atoms with Gasteiger partial charge >= 0.3 is 5.97 Å². The lowest BCUT2D eigenvalue weighted by Gasteiger charge is -2.14. The van der Waals surface area contributed by atoms with Crippen LogP contribution in [0.2, 0.25) is 0 Å². The number of rotatable bonds is 6. The lowest BCUT2D eigenvalue weighted by Crippen LogP contribution is -2.20. The molecule has 0 amide bonds. The summed E-state index contributed by atoms with van der Waals surface area (Å²) in [6, 6.07) is 5.50. The molecule has 5 heteroatoms. The second-order valence-electron chi connectivity index (χ2n) is 4.73. The number of pyridine rings is 1. The third kappa shape index (κ3) is 2.93. The third-order valence-electron chi connectivity index (χ3n) is 3.13. The van der Waals surface area contributed by atoms with Gasteiger partial charge in [0, 0.05) is 6.20 Å². The minimum absolute atomic E-state index is 0.125. The summed E-state index contributed by atoms with van der Waals surface area (Å²) < 4.78 is 1.85. The van der Waals surface area contributed by atoms with Gasteiger partial charge in [0.2, 0.25) is 0 Å². The summed E-state index contributed by atoms with van der Waals surface area (Å²) in [5, 5.41) is 9.18. The largest absolute Gasteiger partial charge is 0.476 e. The Balaban J connectivity index is 2.30. The summed E-state index contributed by atoms with van der Waals surface area (Å²) in [5.74, 6) is -0.210. The number of hydrogen-bond acceptors (Lipinski definition) is 3. The van der Waals surface area contributed by atoms with Crippen molar-refractivity contribution in [1.82, 2.24) is 14.3 Å². The Morgan fingerprint density at radius 3 is 2.95 bits per heavy atom. The lowest BCUT2D eigenvalue weighted by molar-refractivity contribution is 0.0693. The highest BCUT2D eigenvalue weighted by Gasteiger charge is 2.16. The molecule has 0 fully saturated rings. The van der Waals surface area contributed by atoms with Crippen molar-refractivity contribution in [3.05, 3.63) is 35.9 Å². The first-order valence-corrected chi connectivity index (χ1v) is 6.51. The fraction of sp³-hybridized carbons (Fsp3) is 0.429. The number of aromatic carboxylic acids is 1. The van der Waals surface area contributed by atoms with Crippen molar-refractivity contribution in [3.63, 3.8) is 0 Å². The third-order valence-corrected chi connectivity index (χ3v) is 3.13. The van der Waals surface area contributed by atoms with Gasteiger partial charge in [-0.2, -0.15) is 0 Å². The van der Waals surface area contributed by atoms with Gasteiger partial charge in [-0.3, -0.25) is 4.90 Å². The zero-order chi connectivity index (χ0) is 13.8. The molecule has 0 aliphatic heterocycles. The van der Waals surface area contributed by atoms with E-state index in [1.54, 1.807) is 6.07 Å². The number of aromatic nitrogens is 2. The van der Waals surface area contributed by atoms with E-state index in [-0.39, 0.29) is 5.69 Å². The van der Waals surface area contributed by atoms with E-state index in [4.69, 9.17) is 0 Å². The van der Waals surface area contributed by atoms with Crippen LogP contribution in [0.5, 0.6) is 0 Å². The molecule has 1 N–H and O–H groups in total. The summed E-state index contributed by atoms with van der Waals surface area (Å²) in [6.45, 7) is 3.79. The standard InChI is InChI=1S/C14H19N3O2/c1-3-4-8-16(2)10-12-15-13(14(18)19)11-7-5-6-9-17(11)12/h5-7,9H,3-4,8,10H2,1-2H3,(H,18,19). The van der Waals surface area contributed by atoms with E-state index in [1.165, 1.54) is 0 Å². The molecule has 0 saturated heterocycles. The van der Waals surface area contributed by atoms with Crippen LogP contribution in [0.3, 0.4) is 0 Å². The van der Waals surface area contributed by atoms with Crippen LogP contribution in [0.15, 0.2) is 24.4 Å². The number of nitrogens with zero attached hydrogens (tertiary/aromatic N) is 3. The zero-order valence-electron chi connectivity index (χ0n) is 11.3. The Kier molecular flexibility index (Phi) is 4.16. The van der Waals surface area contributed by atoms with Crippen LogP contribution in [0.4, 0.5) is 0 Å². The molecular formula is C14H19N3O2. The minimum atomic E-state index is -0.980. The Bertz CT molecular complexity index is 577. The number of carboxylic acid groups (broad SMARTS) is 1. The van der Waals surface area contributed by atoms with Crippen molar-refractivity contribution < 1.29 is 9.90 Å². The van der Waals surface area contributed by atoms with Crippen LogP contribution in [0, 0.1) is 0 Å². The molecular weight excluding hydrogens is 242 g/mol. The molecule has 0 aliphatic carbocycles. The fourth-order valence-corrected chi connectivity index (χ4v) is 2.12. The predicted octanol–water partition coefficient (Wildman–Crippen LogP) is 2.26. The summed E-state index contributed by atoms with van der Waals surface area (Å²) >= 11 is 0. The maximum absolute atomic E-state index is 11.2. The molecule has 0 bridgehead atoms. The van der Waals surface area contributed by atoms with Gasteiger partial charge in [-0.05, 0) is 32.1 Å². The number of hydrogen-bond donors (Lipinski definition) is 1. The number of imidazole rings is 1. The second kappa shape index (κ2) is 5.84. The maximum Gasteiger partial charge on any atom is 0.356 e. The molecule has 102 valence electrons. The molecule has 0 saturated carbocycles. The average Bonchev–Trinajstić information content (AvgIpc) is 2.76. The van der Waals surface area contributed by atoms with Crippen molar-refractivity contribution in [2.24, 2.45) is 0 Å². The van der Waals surface area contributed by atoms with Crippen LogP contribution in [-0.4, -0.2) is 39.0 Å². The Labute approximate surface area is 112 Å². The maximum atomic E-state index is 11.2. The number of carboxylic acids is 1. The summed E-state index contributed by atoms with van der Waals surface area (Å²) in [5.41, 5.74) is 0.772. The van der Waals surface area contributed by atoms with Crippen molar-refractivity contribution in [1.29, 1.82) is 0 Å². The highest BCUT2D eigenvalue weighted by Crippen LogP contribution is 2.14. The minimum Gasteiger partial charge on any atom is -0.476 e. The highest BCUT2D eigenvalue weighted by molar-refractivity contribution is 5.93. The summed E-state index contributed by atoms with van der Waals surface area (Å²) in [7, 11) is 2.03. The van der Waals surface area contributed by atoms with Gasteiger partial charge in [-0.25, -0.2) is 9.78 Å². The Morgan fingerprint density at radius 2 is 2.26 bits per heavy atom. The highest BCUT2D eigenvalue weighted by atomic mass is 16.4. The first-order chi connectivity index (χ1) is 9.13. The molecule has 0 atom stereocenters. The molecule has 0 spiro atoms. The first-order valence-electron chi connectivity index (χ1n) is 6.51. The van der Waals surface area contributed by atoms with Crippen LogP contribution < -0.4 is 0 Å². The van der Waals surface area contributed by atoms with Gasteiger partial charge in [0.05, 0.1) is 12.1 Å². The molecule has 5 nitrogen and oxygen atoms in total.